The van der Waals surface area contributed by atoms with Gasteiger partial charge in [0.25, 0.3) is 0 Å². The van der Waals surface area contributed by atoms with Crippen LogP contribution in [0.1, 0.15) is 50.8 Å². The van der Waals surface area contributed by atoms with Crippen molar-refractivity contribution in [2.24, 2.45) is 0 Å². The molecule has 1 atom stereocenters. The number of hydrogen-bond acceptors (Lipinski definition) is 4. The number of alkyl halides is 3. The van der Waals surface area contributed by atoms with Crippen molar-refractivity contribution in [2.45, 2.75) is 58.5 Å². The zero-order valence-corrected chi connectivity index (χ0v) is 20.0. The van der Waals surface area contributed by atoms with Crippen LogP contribution < -0.4 is 4.74 Å². The van der Waals surface area contributed by atoms with E-state index in [-0.39, 0.29) is 12.4 Å². The van der Waals surface area contributed by atoms with Gasteiger partial charge in [0.15, 0.2) is 0 Å². The number of amides is 1. The molecule has 3 rings (SSSR count). The van der Waals surface area contributed by atoms with E-state index in [0.717, 1.165) is 33.8 Å². The predicted octanol–water partition coefficient (Wildman–Crippen LogP) is 5.44. The zero-order valence-electron chi connectivity index (χ0n) is 17.8. The Balaban J connectivity index is 1.91. The second-order valence-corrected chi connectivity index (χ2v) is 9.26. The van der Waals surface area contributed by atoms with Crippen molar-refractivity contribution < 1.29 is 27.4 Å². The van der Waals surface area contributed by atoms with Crippen molar-refractivity contribution in [2.75, 3.05) is 13.2 Å². The first-order chi connectivity index (χ1) is 14.4. The highest BCUT2D eigenvalue weighted by atomic mass is 127. The second kappa shape index (κ2) is 8.87. The number of benzene rings is 1. The van der Waals surface area contributed by atoms with E-state index in [1.807, 2.05) is 6.92 Å². The number of imidazole rings is 1. The highest BCUT2D eigenvalue weighted by Crippen LogP contribution is 2.34. The summed E-state index contributed by atoms with van der Waals surface area (Å²) in [5, 5.41) is 0. The first-order valence-electron chi connectivity index (χ1n) is 9.95. The van der Waals surface area contributed by atoms with Crippen molar-refractivity contribution in [1.29, 1.82) is 0 Å². The molecular weight excluding hydrogens is 526 g/mol. The minimum atomic E-state index is -4.46. The summed E-state index contributed by atoms with van der Waals surface area (Å²) in [6, 6.07) is 4.17. The number of fused-ring (bicyclic) bond motifs is 1. The maximum absolute atomic E-state index is 13.0. The Labute approximate surface area is 192 Å². The number of aromatic nitrogens is 2. The number of halogens is 4. The van der Waals surface area contributed by atoms with E-state index >= 15 is 0 Å². The van der Waals surface area contributed by atoms with Crippen LogP contribution in [0.15, 0.2) is 24.3 Å². The summed E-state index contributed by atoms with van der Waals surface area (Å²) in [7, 11) is 0. The Kier molecular flexibility index (Phi) is 6.78. The van der Waals surface area contributed by atoms with Gasteiger partial charge in [-0.15, -0.1) is 0 Å². The Morgan fingerprint density at radius 2 is 1.97 bits per heavy atom. The van der Waals surface area contributed by atoms with Crippen LogP contribution in [0, 0.1) is 3.70 Å². The van der Waals surface area contributed by atoms with Crippen LogP contribution in [-0.2, 0) is 23.9 Å². The van der Waals surface area contributed by atoms with Crippen LogP contribution in [0.2, 0.25) is 0 Å². The Morgan fingerprint density at radius 3 is 2.58 bits per heavy atom. The van der Waals surface area contributed by atoms with E-state index in [1.165, 1.54) is 12.1 Å². The fourth-order valence-electron chi connectivity index (χ4n) is 3.47. The van der Waals surface area contributed by atoms with Crippen LogP contribution >= 0.6 is 22.6 Å². The van der Waals surface area contributed by atoms with Crippen LogP contribution in [0.25, 0.3) is 0 Å². The van der Waals surface area contributed by atoms with E-state index in [1.54, 1.807) is 25.7 Å². The van der Waals surface area contributed by atoms with Crippen LogP contribution in [-0.4, -0.2) is 39.3 Å². The van der Waals surface area contributed by atoms with Crippen molar-refractivity contribution in [3.8, 4) is 5.75 Å². The number of hydrogen-bond donors (Lipinski definition) is 0. The molecule has 2 aromatic rings. The number of carbonyl (C=O) groups excluding carboxylic acids is 1. The molecule has 10 heteroatoms. The largest absolute Gasteiger partial charge is 0.491 e. The van der Waals surface area contributed by atoms with E-state index in [4.69, 9.17) is 9.47 Å². The third-order valence-corrected chi connectivity index (χ3v) is 5.60. The van der Waals surface area contributed by atoms with Gasteiger partial charge in [0, 0.05) is 19.5 Å². The van der Waals surface area contributed by atoms with E-state index in [2.05, 4.69) is 32.1 Å². The SMILES string of the molecule is CCc1nc(I)c2n1CCN(C(=O)OC(C)(C)C)C2COc1cccc(C(F)(F)F)c1. The zero-order chi connectivity index (χ0) is 23.0. The van der Waals surface area contributed by atoms with Crippen LogP contribution in [0.3, 0.4) is 0 Å². The molecule has 170 valence electrons. The van der Waals surface area contributed by atoms with E-state index < -0.39 is 29.5 Å². The number of nitrogens with zero attached hydrogens (tertiary/aromatic N) is 3. The van der Waals surface area contributed by atoms with Crippen LogP contribution in [0.4, 0.5) is 18.0 Å². The van der Waals surface area contributed by atoms with Crippen LogP contribution in [0.5, 0.6) is 5.75 Å². The monoisotopic (exact) mass is 551 g/mol. The summed E-state index contributed by atoms with van der Waals surface area (Å²) >= 11 is 2.12. The molecule has 0 aliphatic carbocycles. The molecule has 2 heterocycles. The van der Waals surface area contributed by atoms with Crippen molar-refractivity contribution in [3.63, 3.8) is 0 Å². The lowest BCUT2D eigenvalue weighted by Gasteiger charge is -2.37. The quantitative estimate of drug-likeness (QED) is 0.476. The Morgan fingerprint density at radius 1 is 1.26 bits per heavy atom. The van der Waals surface area contributed by atoms with Crippen molar-refractivity contribution in [3.05, 3.63) is 45.0 Å². The normalized spacial score (nSPS) is 16.8. The topological polar surface area (TPSA) is 56.6 Å². The molecule has 1 aromatic carbocycles. The average molecular weight is 551 g/mol. The van der Waals surface area contributed by atoms with Gasteiger partial charge in [-0.3, -0.25) is 4.90 Å². The number of carbonyl (C=O) groups is 1. The van der Waals surface area contributed by atoms with Gasteiger partial charge in [0.05, 0.1) is 11.3 Å². The van der Waals surface area contributed by atoms with Gasteiger partial charge < -0.3 is 14.0 Å². The first kappa shape index (κ1) is 23.7. The molecule has 1 aliphatic heterocycles. The Hall–Kier alpha value is -1.98. The lowest BCUT2D eigenvalue weighted by Crippen LogP contribution is -2.46. The predicted molar refractivity (Wildman–Crippen MR) is 117 cm³/mol. The molecule has 1 unspecified atom stereocenters. The summed E-state index contributed by atoms with van der Waals surface area (Å²) < 4.78 is 53.2. The molecule has 1 amide bonds. The molecule has 0 spiro atoms. The maximum Gasteiger partial charge on any atom is 0.416 e. The molecule has 0 N–H and O–H groups in total. The van der Waals surface area contributed by atoms with Gasteiger partial charge in [-0.1, -0.05) is 13.0 Å². The van der Waals surface area contributed by atoms with Crippen molar-refractivity contribution >= 4 is 28.7 Å². The first-order valence-corrected chi connectivity index (χ1v) is 11.0. The van der Waals surface area contributed by atoms with Gasteiger partial charge in [0.1, 0.15) is 33.5 Å². The number of aryl methyl sites for hydroxylation is 1. The summed E-state index contributed by atoms with van der Waals surface area (Å²) in [5.74, 6) is 0.980. The molecular formula is C21H25F3IN3O3. The molecule has 0 fully saturated rings. The van der Waals surface area contributed by atoms with E-state index in [9.17, 15) is 18.0 Å². The van der Waals surface area contributed by atoms with Gasteiger partial charge in [-0.05, 0) is 61.6 Å². The number of rotatable bonds is 4. The molecule has 0 radical (unpaired) electrons. The molecule has 31 heavy (non-hydrogen) atoms. The average Bonchev–Trinajstić information content (AvgIpc) is 3.00. The summed E-state index contributed by atoms with van der Waals surface area (Å²) in [4.78, 5) is 19.0. The highest BCUT2D eigenvalue weighted by molar-refractivity contribution is 14.1. The fourth-order valence-corrected chi connectivity index (χ4v) is 4.40. The molecule has 0 saturated carbocycles. The molecule has 6 nitrogen and oxygen atoms in total. The number of ether oxygens (including phenoxy) is 2. The smallest absolute Gasteiger partial charge is 0.416 e. The molecule has 1 aliphatic rings. The highest BCUT2D eigenvalue weighted by Gasteiger charge is 2.38. The fraction of sp³-hybridized carbons (Fsp3) is 0.524. The van der Waals surface area contributed by atoms with Gasteiger partial charge in [-0.25, -0.2) is 9.78 Å². The van der Waals surface area contributed by atoms with E-state index in [0.29, 0.717) is 13.1 Å². The Bertz CT molecular complexity index is 954. The lowest BCUT2D eigenvalue weighted by atomic mass is 10.1. The van der Waals surface area contributed by atoms with Gasteiger partial charge in [-0.2, -0.15) is 13.2 Å². The molecule has 0 bridgehead atoms. The third-order valence-electron chi connectivity index (χ3n) is 4.81. The van der Waals surface area contributed by atoms with Gasteiger partial charge >= 0.3 is 12.3 Å². The molecule has 1 aromatic heterocycles. The standard InChI is InChI=1S/C21H25F3IN3O3/c1-5-16-26-18(25)17-15(12-30-14-8-6-7-13(11-14)21(22,23)24)27(9-10-28(16)17)19(29)31-20(2,3)4/h6-8,11,15H,5,9-10,12H2,1-4H3. The summed E-state index contributed by atoms with van der Waals surface area (Å²) in [6.45, 7) is 8.28. The summed E-state index contributed by atoms with van der Waals surface area (Å²) in [6.07, 6.45) is -4.23. The van der Waals surface area contributed by atoms with Gasteiger partial charge in [0.2, 0.25) is 0 Å². The maximum atomic E-state index is 13.0. The van der Waals surface area contributed by atoms with Crippen molar-refractivity contribution in [1.82, 2.24) is 14.5 Å². The second-order valence-electron chi connectivity index (χ2n) is 8.24. The molecule has 0 saturated heterocycles. The minimum absolute atomic E-state index is 0.0224. The lowest BCUT2D eigenvalue weighted by molar-refractivity contribution is -0.137. The third kappa shape index (κ3) is 5.45. The minimum Gasteiger partial charge on any atom is -0.491 e. The summed E-state index contributed by atoms with van der Waals surface area (Å²) in [5.41, 5.74) is -0.657.